The minimum Gasteiger partial charge on any atom is -0.299 e. The van der Waals surface area contributed by atoms with E-state index in [1.165, 1.54) is 50.1 Å². The van der Waals surface area contributed by atoms with Crippen LogP contribution in [-0.2, 0) is 4.79 Å². The fourth-order valence-corrected chi connectivity index (χ4v) is 9.35. The quantitative estimate of drug-likeness (QED) is 0.562. The molecular formula is C22H34OSi. The lowest BCUT2D eigenvalue weighted by atomic mass is 9.46. The molecule has 0 radical (unpaired) electrons. The second-order valence-electron chi connectivity index (χ2n) is 10.6. The molecule has 0 aromatic heterocycles. The molecule has 1 nitrogen and oxygen atoms in total. The summed E-state index contributed by atoms with van der Waals surface area (Å²) in [6.07, 6.45) is 15.9. The van der Waals surface area contributed by atoms with Crippen molar-refractivity contribution in [2.24, 2.45) is 28.6 Å². The van der Waals surface area contributed by atoms with Gasteiger partial charge in [-0.3, -0.25) is 4.79 Å². The first-order valence-corrected chi connectivity index (χ1v) is 13.9. The maximum Gasteiger partial charge on any atom is 0.140 e. The second kappa shape index (κ2) is 5.43. The molecule has 0 heterocycles. The number of carbonyl (C=O) groups is 1. The Hall–Kier alpha value is -0.633. The zero-order valence-corrected chi connectivity index (χ0v) is 17.0. The van der Waals surface area contributed by atoms with Crippen LogP contribution in [0.3, 0.4) is 0 Å². The molecule has 132 valence electrons. The number of Topliss-reactive ketones (excluding diaryl/α,β-unsaturated/α-hetero) is 1. The summed E-state index contributed by atoms with van der Waals surface area (Å²) < 4.78 is 0. The summed E-state index contributed by atoms with van der Waals surface area (Å²) in [5.74, 6) is 2.10. The van der Waals surface area contributed by atoms with E-state index >= 15 is 0 Å². The Morgan fingerprint density at radius 2 is 1.96 bits per heavy atom. The fourth-order valence-electron chi connectivity index (χ4n) is 6.96. The highest BCUT2D eigenvalue weighted by Crippen LogP contribution is 2.64. The third-order valence-corrected chi connectivity index (χ3v) is 9.53. The summed E-state index contributed by atoms with van der Waals surface area (Å²) >= 11 is 0. The Labute approximate surface area is 149 Å². The van der Waals surface area contributed by atoms with Gasteiger partial charge in [0.15, 0.2) is 0 Å². The number of allylic oxidation sites excluding steroid dienone is 4. The molecule has 0 spiro atoms. The van der Waals surface area contributed by atoms with Crippen LogP contribution in [-0.4, -0.2) is 13.9 Å². The van der Waals surface area contributed by atoms with Gasteiger partial charge in [0.05, 0.1) is 0 Å². The zero-order chi connectivity index (χ0) is 17.2. The molecule has 4 aliphatic rings. The van der Waals surface area contributed by atoms with Gasteiger partial charge in [-0.2, -0.15) is 0 Å². The number of fused-ring (bicyclic) bond motifs is 5. The lowest BCUT2D eigenvalue weighted by molar-refractivity contribution is -0.139. The first-order chi connectivity index (χ1) is 11.3. The average Bonchev–Trinajstić information content (AvgIpc) is 2.89. The van der Waals surface area contributed by atoms with Crippen LogP contribution in [0.2, 0.25) is 25.7 Å². The van der Waals surface area contributed by atoms with E-state index in [-0.39, 0.29) is 11.3 Å². The van der Waals surface area contributed by atoms with Gasteiger partial charge >= 0.3 is 0 Å². The Balaban J connectivity index is 1.70. The maximum absolute atomic E-state index is 13.2. The average molecular weight is 343 g/mol. The van der Waals surface area contributed by atoms with Crippen LogP contribution in [0, 0.1) is 28.6 Å². The van der Waals surface area contributed by atoms with Gasteiger partial charge in [-0.25, -0.2) is 0 Å². The molecule has 2 heteroatoms. The third kappa shape index (κ3) is 2.43. The molecule has 5 atom stereocenters. The molecule has 4 aliphatic carbocycles. The van der Waals surface area contributed by atoms with Crippen LogP contribution in [0.15, 0.2) is 23.8 Å². The van der Waals surface area contributed by atoms with Crippen LogP contribution in [0.4, 0.5) is 0 Å². The maximum atomic E-state index is 13.2. The van der Waals surface area contributed by atoms with Gasteiger partial charge in [-0.1, -0.05) is 57.6 Å². The summed E-state index contributed by atoms with van der Waals surface area (Å²) in [5, 5.41) is 0. The highest BCUT2D eigenvalue weighted by Gasteiger charge is 2.58. The Morgan fingerprint density at radius 1 is 1.17 bits per heavy atom. The monoisotopic (exact) mass is 342 g/mol. The third-order valence-electron chi connectivity index (χ3n) is 7.84. The van der Waals surface area contributed by atoms with E-state index in [4.69, 9.17) is 0 Å². The van der Waals surface area contributed by atoms with Crippen molar-refractivity contribution >= 4 is 13.9 Å². The Bertz CT molecular complexity index is 610. The molecular weight excluding hydrogens is 308 g/mol. The van der Waals surface area contributed by atoms with Crippen molar-refractivity contribution in [3.63, 3.8) is 0 Å². The van der Waals surface area contributed by atoms with E-state index in [9.17, 15) is 4.79 Å². The normalized spacial score (nSPS) is 44.6. The van der Waals surface area contributed by atoms with Crippen LogP contribution >= 0.6 is 0 Å². The van der Waals surface area contributed by atoms with Crippen molar-refractivity contribution in [1.82, 2.24) is 0 Å². The number of carbonyl (C=O) groups excluding carboxylic acids is 1. The second-order valence-corrected chi connectivity index (χ2v) is 16.1. The smallest absolute Gasteiger partial charge is 0.140 e. The van der Waals surface area contributed by atoms with Crippen LogP contribution in [0.25, 0.3) is 0 Å². The van der Waals surface area contributed by atoms with Crippen LogP contribution in [0.1, 0.15) is 51.9 Å². The summed E-state index contributed by atoms with van der Waals surface area (Å²) in [4.78, 5) is 13.2. The summed E-state index contributed by atoms with van der Waals surface area (Å²) in [7, 11) is -1.17. The van der Waals surface area contributed by atoms with Crippen molar-refractivity contribution in [3.8, 4) is 0 Å². The SMILES string of the molecule is C[C@]12CCCCC1CC(=O)[C@H]1C3=CC=C[C@@]3(C[Si](C)(C)C)CC[C@@H]12. The summed E-state index contributed by atoms with van der Waals surface area (Å²) in [5.41, 5.74) is 2.18. The van der Waals surface area contributed by atoms with E-state index in [2.05, 4.69) is 44.8 Å². The molecule has 0 bridgehead atoms. The fraction of sp³-hybridized carbons (Fsp3) is 0.773. The predicted octanol–water partition coefficient (Wildman–Crippen LogP) is 6.00. The van der Waals surface area contributed by atoms with Gasteiger partial charge in [-0.05, 0) is 54.6 Å². The highest BCUT2D eigenvalue weighted by atomic mass is 28.3. The van der Waals surface area contributed by atoms with Crippen molar-refractivity contribution in [3.05, 3.63) is 23.8 Å². The number of rotatable bonds is 2. The van der Waals surface area contributed by atoms with Gasteiger partial charge in [0.25, 0.3) is 0 Å². The number of hydrogen-bond donors (Lipinski definition) is 0. The Kier molecular flexibility index (Phi) is 3.80. The van der Waals surface area contributed by atoms with Crippen molar-refractivity contribution < 1.29 is 4.79 Å². The molecule has 24 heavy (non-hydrogen) atoms. The van der Waals surface area contributed by atoms with E-state index in [0.29, 0.717) is 23.0 Å². The zero-order valence-electron chi connectivity index (χ0n) is 16.0. The highest BCUT2D eigenvalue weighted by molar-refractivity contribution is 6.76. The van der Waals surface area contributed by atoms with E-state index in [1.807, 2.05) is 0 Å². The lowest BCUT2D eigenvalue weighted by Crippen LogP contribution is -2.54. The van der Waals surface area contributed by atoms with E-state index in [1.54, 1.807) is 0 Å². The number of ketones is 1. The van der Waals surface area contributed by atoms with E-state index < -0.39 is 8.07 Å². The molecule has 0 saturated heterocycles. The number of hydrogen-bond acceptors (Lipinski definition) is 1. The summed E-state index contributed by atoms with van der Waals surface area (Å²) in [6.45, 7) is 9.99. The molecule has 0 N–H and O–H groups in total. The molecule has 0 aliphatic heterocycles. The van der Waals surface area contributed by atoms with Crippen molar-refractivity contribution in [1.29, 1.82) is 0 Å². The first kappa shape index (κ1) is 16.8. The Morgan fingerprint density at radius 3 is 2.71 bits per heavy atom. The van der Waals surface area contributed by atoms with Gasteiger partial charge in [0.2, 0.25) is 0 Å². The molecule has 3 saturated carbocycles. The van der Waals surface area contributed by atoms with Gasteiger partial charge in [0, 0.05) is 25.8 Å². The standard InChI is InChI=1S/C22H34OSi/c1-21-11-6-5-8-16(21)14-19(23)20-17(21)10-13-22(15-24(2,3)4)12-7-9-18(20)22/h7,9,12,16-17,20H,5-6,8,10-11,13-15H2,1-4H3/t16?,17-,20+,21-,22-/m0/s1. The van der Waals surface area contributed by atoms with Crippen molar-refractivity contribution in [2.45, 2.75) is 77.6 Å². The predicted molar refractivity (Wildman–Crippen MR) is 104 cm³/mol. The molecule has 3 fully saturated rings. The summed E-state index contributed by atoms with van der Waals surface area (Å²) in [6, 6.07) is 1.32. The van der Waals surface area contributed by atoms with Gasteiger partial charge in [0.1, 0.15) is 5.78 Å². The molecule has 0 aromatic rings. The first-order valence-electron chi connectivity index (χ1n) is 10.2. The largest absolute Gasteiger partial charge is 0.299 e. The van der Waals surface area contributed by atoms with Crippen LogP contribution in [0.5, 0.6) is 0 Å². The topological polar surface area (TPSA) is 17.1 Å². The molecule has 1 unspecified atom stereocenters. The van der Waals surface area contributed by atoms with Gasteiger partial charge in [-0.15, -0.1) is 0 Å². The minimum atomic E-state index is -1.17. The lowest BCUT2D eigenvalue weighted by Gasteiger charge is -2.58. The van der Waals surface area contributed by atoms with Gasteiger partial charge < -0.3 is 0 Å². The molecule has 4 rings (SSSR count). The molecule has 0 aromatic carbocycles. The van der Waals surface area contributed by atoms with Crippen LogP contribution < -0.4 is 0 Å². The van der Waals surface area contributed by atoms with E-state index in [0.717, 1.165) is 6.42 Å². The van der Waals surface area contributed by atoms with Crippen molar-refractivity contribution in [2.75, 3.05) is 0 Å². The minimum absolute atomic E-state index is 0.235. The molecule has 0 amide bonds.